The van der Waals surface area contributed by atoms with Gasteiger partial charge in [-0.2, -0.15) is 0 Å². The number of halogens is 1. The third-order valence-corrected chi connectivity index (χ3v) is 3.71. The van der Waals surface area contributed by atoms with Gasteiger partial charge in [0.25, 0.3) is 5.91 Å². The van der Waals surface area contributed by atoms with E-state index in [-0.39, 0.29) is 17.7 Å². The lowest BCUT2D eigenvalue weighted by Crippen LogP contribution is -2.25. The van der Waals surface area contributed by atoms with Crippen LogP contribution < -0.4 is 10.2 Å². The van der Waals surface area contributed by atoms with Crippen molar-refractivity contribution in [2.75, 3.05) is 23.9 Å². The predicted octanol–water partition coefficient (Wildman–Crippen LogP) is 2.19. The van der Waals surface area contributed by atoms with Crippen molar-refractivity contribution in [1.82, 2.24) is 5.32 Å². The lowest BCUT2D eigenvalue weighted by molar-refractivity contribution is -0.117. The number of carbonyl (C=O) groups is 2. The number of benzene rings is 1. The zero-order chi connectivity index (χ0) is 14.5. The molecule has 1 saturated heterocycles. The summed E-state index contributed by atoms with van der Waals surface area (Å²) < 4.78 is 0. The molecule has 1 N–H and O–H groups in total. The van der Waals surface area contributed by atoms with Gasteiger partial charge >= 0.3 is 0 Å². The molecule has 20 heavy (non-hydrogen) atoms. The van der Waals surface area contributed by atoms with Crippen molar-refractivity contribution in [2.24, 2.45) is 5.92 Å². The summed E-state index contributed by atoms with van der Waals surface area (Å²) in [5.74, 6) is 0.631. The van der Waals surface area contributed by atoms with E-state index in [4.69, 9.17) is 11.6 Å². The van der Waals surface area contributed by atoms with Gasteiger partial charge in [-0.25, -0.2) is 0 Å². The molecule has 4 nitrogen and oxygen atoms in total. The van der Waals surface area contributed by atoms with Crippen molar-refractivity contribution in [3.05, 3.63) is 42.5 Å². The molecule has 2 amide bonds. The molecule has 0 aliphatic carbocycles. The van der Waals surface area contributed by atoms with Crippen LogP contribution in [-0.2, 0) is 4.79 Å². The summed E-state index contributed by atoms with van der Waals surface area (Å²) in [5, 5.41) is 2.71. The normalized spacial score (nSPS) is 18.1. The Hall–Kier alpha value is -1.81. The first kappa shape index (κ1) is 14.6. The van der Waals surface area contributed by atoms with E-state index in [2.05, 4.69) is 11.9 Å². The summed E-state index contributed by atoms with van der Waals surface area (Å²) in [5.41, 5.74) is 1.37. The van der Waals surface area contributed by atoms with Crippen LogP contribution in [0.4, 0.5) is 5.69 Å². The van der Waals surface area contributed by atoms with Crippen LogP contribution in [0.2, 0.25) is 0 Å². The van der Waals surface area contributed by atoms with E-state index in [1.807, 2.05) is 0 Å². The third-order valence-electron chi connectivity index (χ3n) is 3.27. The lowest BCUT2D eigenvalue weighted by atomic mass is 10.1. The zero-order valence-corrected chi connectivity index (χ0v) is 11.9. The molecule has 5 heteroatoms. The second-order valence-electron chi connectivity index (χ2n) is 4.77. The molecule has 1 fully saturated rings. The van der Waals surface area contributed by atoms with E-state index in [9.17, 15) is 9.59 Å². The molecule has 1 heterocycles. The van der Waals surface area contributed by atoms with Gasteiger partial charge < -0.3 is 10.2 Å². The molecule has 106 valence electrons. The Morgan fingerprint density at radius 3 is 2.70 bits per heavy atom. The molecular formula is C15H17ClN2O2. The van der Waals surface area contributed by atoms with Gasteiger partial charge in [0.15, 0.2) is 0 Å². The number of rotatable bonds is 5. The van der Waals surface area contributed by atoms with E-state index in [1.54, 1.807) is 35.2 Å². The Bertz CT molecular complexity index is 513. The second kappa shape index (κ2) is 6.57. The van der Waals surface area contributed by atoms with Crippen LogP contribution >= 0.6 is 11.6 Å². The Kier molecular flexibility index (Phi) is 4.79. The molecule has 1 unspecified atom stereocenters. The Balaban J connectivity index is 2.06. The number of hydrogen-bond acceptors (Lipinski definition) is 2. The number of nitrogens with one attached hydrogen (secondary N) is 1. The summed E-state index contributed by atoms with van der Waals surface area (Å²) >= 11 is 5.80. The van der Waals surface area contributed by atoms with Crippen LogP contribution in [0.5, 0.6) is 0 Å². The van der Waals surface area contributed by atoms with Crippen molar-refractivity contribution < 1.29 is 9.59 Å². The fraction of sp³-hybridized carbons (Fsp3) is 0.333. The average molecular weight is 293 g/mol. The van der Waals surface area contributed by atoms with Crippen LogP contribution in [0.15, 0.2) is 36.9 Å². The van der Waals surface area contributed by atoms with Gasteiger partial charge in [0.1, 0.15) is 0 Å². The van der Waals surface area contributed by atoms with E-state index in [0.717, 1.165) is 5.69 Å². The lowest BCUT2D eigenvalue weighted by Gasteiger charge is -2.16. The highest BCUT2D eigenvalue weighted by Crippen LogP contribution is 2.25. The van der Waals surface area contributed by atoms with Crippen LogP contribution in [0, 0.1) is 5.92 Å². The first-order chi connectivity index (χ1) is 9.65. The van der Waals surface area contributed by atoms with E-state index in [1.165, 1.54) is 0 Å². The van der Waals surface area contributed by atoms with E-state index >= 15 is 0 Å². The Morgan fingerprint density at radius 1 is 1.45 bits per heavy atom. The molecule has 1 atom stereocenters. The topological polar surface area (TPSA) is 49.4 Å². The molecule has 0 aromatic heterocycles. The fourth-order valence-corrected chi connectivity index (χ4v) is 2.40. The summed E-state index contributed by atoms with van der Waals surface area (Å²) in [7, 11) is 0. The molecule has 0 saturated carbocycles. The highest BCUT2D eigenvalue weighted by molar-refractivity contribution is 6.18. The first-order valence-electron chi connectivity index (χ1n) is 6.51. The standard InChI is InChI=1S/C15H17ClN2O2/c1-2-7-17-15(20)12-3-5-13(6-4-12)18-10-11(9-16)8-14(18)19/h2-6,11H,1,7-10H2,(H,17,20). The van der Waals surface area contributed by atoms with Crippen molar-refractivity contribution in [3.63, 3.8) is 0 Å². The molecule has 0 bridgehead atoms. The Morgan fingerprint density at radius 2 is 2.15 bits per heavy atom. The number of nitrogens with zero attached hydrogens (tertiary/aromatic N) is 1. The minimum Gasteiger partial charge on any atom is -0.349 e. The maximum Gasteiger partial charge on any atom is 0.251 e. The summed E-state index contributed by atoms with van der Waals surface area (Å²) in [6.07, 6.45) is 2.12. The number of carbonyl (C=O) groups excluding carboxylic acids is 2. The summed E-state index contributed by atoms with van der Waals surface area (Å²) in [6, 6.07) is 7.01. The highest BCUT2D eigenvalue weighted by Gasteiger charge is 2.29. The number of alkyl halides is 1. The van der Waals surface area contributed by atoms with Gasteiger partial charge in [0, 0.05) is 36.6 Å². The maximum absolute atomic E-state index is 11.9. The maximum atomic E-state index is 11.9. The van der Waals surface area contributed by atoms with Crippen molar-refractivity contribution in [2.45, 2.75) is 6.42 Å². The van der Waals surface area contributed by atoms with Gasteiger partial charge in [0.2, 0.25) is 5.91 Å². The minimum absolute atomic E-state index is 0.0829. The molecule has 2 rings (SSSR count). The van der Waals surface area contributed by atoms with Gasteiger partial charge in [0.05, 0.1) is 0 Å². The summed E-state index contributed by atoms with van der Waals surface area (Å²) in [4.78, 5) is 25.3. The van der Waals surface area contributed by atoms with Crippen molar-refractivity contribution >= 4 is 29.1 Å². The average Bonchev–Trinajstić information content (AvgIpc) is 2.86. The first-order valence-corrected chi connectivity index (χ1v) is 7.04. The molecule has 1 aliphatic rings. The van der Waals surface area contributed by atoms with Gasteiger partial charge in [-0.1, -0.05) is 6.08 Å². The second-order valence-corrected chi connectivity index (χ2v) is 5.08. The van der Waals surface area contributed by atoms with Gasteiger partial charge in [-0.05, 0) is 30.2 Å². The largest absolute Gasteiger partial charge is 0.349 e. The number of amides is 2. The fourth-order valence-electron chi connectivity index (χ4n) is 2.19. The van der Waals surface area contributed by atoms with Crippen LogP contribution in [0.1, 0.15) is 16.8 Å². The third kappa shape index (κ3) is 3.20. The number of anilines is 1. The Labute approximate surface area is 123 Å². The molecule has 1 aliphatic heterocycles. The molecular weight excluding hydrogens is 276 g/mol. The van der Waals surface area contributed by atoms with Gasteiger partial charge in [-0.15, -0.1) is 18.2 Å². The minimum atomic E-state index is -0.150. The van der Waals surface area contributed by atoms with E-state index in [0.29, 0.717) is 31.0 Å². The number of hydrogen-bond donors (Lipinski definition) is 1. The molecule has 0 spiro atoms. The van der Waals surface area contributed by atoms with Crippen molar-refractivity contribution in [3.8, 4) is 0 Å². The smallest absolute Gasteiger partial charge is 0.251 e. The van der Waals surface area contributed by atoms with Crippen molar-refractivity contribution in [1.29, 1.82) is 0 Å². The van der Waals surface area contributed by atoms with Crippen LogP contribution in [-0.4, -0.2) is 30.8 Å². The quantitative estimate of drug-likeness (QED) is 0.668. The van der Waals surface area contributed by atoms with Crippen LogP contribution in [0.3, 0.4) is 0 Å². The zero-order valence-electron chi connectivity index (χ0n) is 11.1. The van der Waals surface area contributed by atoms with E-state index < -0.39 is 0 Å². The SMILES string of the molecule is C=CCNC(=O)c1ccc(N2CC(CCl)CC2=O)cc1. The van der Waals surface area contributed by atoms with Crippen LogP contribution in [0.25, 0.3) is 0 Å². The summed E-state index contributed by atoms with van der Waals surface area (Å²) in [6.45, 7) is 4.62. The van der Waals surface area contributed by atoms with Gasteiger partial charge in [-0.3, -0.25) is 9.59 Å². The predicted molar refractivity (Wildman–Crippen MR) is 80.2 cm³/mol. The monoisotopic (exact) mass is 292 g/mol. The highest BCUT2D eigenvalue weighted by atomic mass is 35.5. The molecule has 1 aromatic carbocycles. The molecule has 1 aromatic rings. The molecule has 0 radical (unpaired) electrons.